The number of anilines is 1. The highest BCUT2D eigenvalue weighted by molar-refractivity contribution is 7.80. The third kappa shape index (κ3) is 3.64. The van der Waals surface area contributed by atoms with Gasteiger partial charge in [0.05, 0.1) is 5.56 Å². The van der Waals surface area contributed by atoms with E-state index in [-0.39, 0.29) is 0 Å². The van der Waals surface area contributed by atoms with Crippen LogP contribution in [0.1, 0.15) is 29.7 Å². The summed E-state index contributed by atoms with van der Waals surface area (Å²) in [6, 6.07) is 2.79. The van der Waals surface area contributed by atoms with Crippen LogP contribution < -0.4 is 11.1 Å². The summed E-state index contributed by atoms with van der Waals surface area (Å²) < 4.78 is 0. The first-order chi connectivity index (χ1) is 8.99. The summed E-state index contributed by atoms with van der Waals surface area (Å²) in [6.07, 6.45) is 2.66. The molecule has 0 spiro atoms. The number of aryl methyl sites for hydroxylation is 2. The molecule has 19 heavy (non-hydrogen) atoms. The van der Waals surface area contributed by atoms with Gasteiger partial charge >= 0.3 is 0 Å². The molecule has 1 fully saturated rings. The average Bonchev–Trinajstić information content (AvgIpc) is 3.10. The maximum atomic E-state index is 5.80. The quantitative estimate of drug-likeness (QED) is 0.778. The number of hydrogen-bond acceptors (Lipinski definition) is 4. The number of nitrogens with one attached hydrogen (secondary N) is 1. The Morgan fingerprint density at radius 2 is 2.21 bits per heavy atom. The van der Waals surface area contributed by atoms with E-state index in [0.29, 0.717) is 4.99 Å². The molecule has 1 aliphatic carbocycles. The van der Waals surface area contributed by atoms with Crippen LogP contribution in [0.2, 0.25) is 0 Å². The van der Waals surface area contributed by atoms with Crippen molar-refractivity contribution in [1.82, 2.24) is 9.88 Å². The largest absolute Gasteiger partial charge is 0.389 e. The monoisotopic (exact) mass is 278 g/mol. The zero-order chi connectivity index (χ0) is 14.0. The van der Waals surface area contributed by atoms with E-state index in [9.17, 15) is 0 Å². The van der Waals surface area contributed by atoms with Crippen molar-refractivity contribution in [3.05, 3.63) is 22.9 Å². The molecule has 0 aromatic carbocycles. The Morgan fingerprint density at radius 3 is 2.79 bits per heavy atom. The fourth-order valence-corrected chi connectivity index (χ4v) is 2.58. The number of pyridine rings is 1. The molecule has 3 N–H and O–H groups in total. The molecule has 2 rings (SSSR count). The second-order valence-electron chi connectivity index (χ2n) is 5.31. The number of rotatable bonds is 6. The van der Waals surface area contributed by atoms with E-state index >= 15 is 0 Å². The molecule has 0 saturated heterocycles. The van der Waals surface area contributed by atoms with Gasteiger partial charge < -0.3 is 16.0 Å². The van der Waals surface area contributed by atoms with Crippen LogP contribution in [0.5, 0.6) is 0 Å². The lowest BCUT2D eigenvalue weighted by Gasteiger charge is -2.18. The molecule has 0 bridgehead atoms. The van der Waals surface area contributed by atoms with Gasteiger partial charge in [0.1, 0.15) is 10.8 Å². The van der Waals surface area contributed by atoms with E-state index in [2.05, 4.69) is 22.2 Å². The Labute approximate surface area is 120 Å². The summed E-state index contributed by atoms with van der Waals surface area (Å²) in [5.41, 5.74) is 8.73. The Hall–Kier alpha value is -1.20. The Balaban J connectivity index is 2.03. The number of nitrogens with zero attached hydrogens (tertiary/aromatic N) is 2. The third-order valence-corrected chi connectivity index (χ3v) is 3.72. The van der Waals surface area contributed by atoms with Gasteiger partial charge in [0.2, 0.25) is 0 Å². The molecule has 1 aliphatic rings. The van der Waals surface area contributed by atoms with E-state index in [1.54, 1.807) is 0 Å². The molecular weight excluding hydrogens is 256 g/mol. The van der Waals surface area contributed by atoms with Crippen LogP contribution in [-0.2, 0) is 0 Å². The SMILES string of the molecule is Cc1cc(C)c(C(N)=S)c(NCCN(C)C2CC2)n1. The molecule has 5 heteroatoms. The average molecular weight is 278 g/mol. The fraction of sp³-hybridized carbons (Fsp3) is 0.571. The highest BCUT2D eigenvalue weighted by Gasteiger charge is 2.25. The second-order valence-corrected chi connectivity index (χ2v) is 5.75. The first-order valence-corrected chi connectivity index (χ1v) is 7.12. The van der Waals surface area contributed by atoms with Gasteiger partial charge in [-0.15, -0.1) is 0 Å². The first-order valence-electron chi connectivity index (χ1n) is 6.71. The molecule has 4 nitrogen and oxygen atoms in total. The first kappa shape index (κ1) is 14.2. The van der Waals surface area contributed by atoms with Crippen LogP contribution in [0.4, 0.5) is 5.82 Å². The summed E-state index contributed by atoms with van der Waals surface area (Å²) in [4.78, 5) is 7.31. The predicted octanol–water partition coefficient (Wildman–Crippen LogP) is 1.84. The van der Waals surface area contributed by atoms with Gasteiger partial charge in [-0.05, 0) is 45.4 Å². The fourth-order valence-electron chi connectivity index (χ4n) is 2.32. The lowest BCUT2D eigenvalue weighted by atomic mass is 10.1. The highest BCUT2D eigenvalue weighted by Crippen LogP contribution is 2.25. The lowest BCUT2D eigenvalue weighted by molar-refractivity contribution is 0.337. The predicted molar refractivity (Wildman–Crippen MR) is 83.7 cm³/mol. The molecule has 0 amide bonds. The molecule has 104 valence electrons. The zero-order valence-electron chi connectivity index (χ0n) is 11.9. The summed E-state index contributed by atoms with van der Waals surface area (Å²) in [5.74, 6) is 0.814. The van der Waals surface area contributed by atoms with Gasteiger partial charge in [-0.2, -0.15) is 0 Å². The van der Waals surface area contributed by atoms with E-state index in [1.807, 2.05) is 19.9 Å². The zero-order valence-corrected chi connectivity index (χ0v) is 12.7. The van der Waals surface area contributed by atoms with Crippen molar-refractivity contribution in [3.8, 4) is 0 Å². The van der Waals surface area contributed by atoms with Gasteiger partial charge in [0, 0.05) is 24.8 Å². The van der Waals surface area contributed by atoms with Crippen molar-refractivity contribution >= 4 is 23.0 Å². The van der Waals surface area contributed by atoms with Crippen molar-refractivity contribution < 1.29 is 0 Å². The summed E-state index contributed by atoms with van der Waals surface area (Å²) in [7, 11) is 2.17. The van der Waals surface area contributed by atoms with Crippen molar-refractivity contribution in [2.75, 3.05) is 25.5 Å². The Bertz CT molecular complexity index is 483. The minimum atomic E-state index is 0.406. The number of thiocarbonyl (C=S) groups is 1. The van der Waals surface area contributed by atoms with Crippen molar-refractivity contribution in [2.45, 2.75) is 32.7 Å². The minimum Gasteiger partial charge on any atom is -0.389 e. The standard InChI is InChI=1S/C14H22N4S/c1-9-8-10(2)17-14(12(9)13(15)19)16-6-7-18(3)11-4-5-11/h8,11H,4-7H2,1-3H3,(H2,15,19)(H,16,17). The van der Waals surface area contributed by atoms with Gasteiger partial charge in [-0.1, -0.05) is 12.2 Å². The Kier molecular flexibility index (Phi) is 4.37. The molecule has 1 heterocycles. The number of hydrogen-bond donors (Lipinski definition) is 2. The molecule has 0 atom stereocenters. The van der Waals surface area contributed by atoms with Gasteiger partial charge in [-0.25, -0.2) is 4.98 Å². The van der Waals surface area contributed by atoms with Crippen LogP contribution in [0.3, 0.4) is 0 Å². The van der Waals surface area contributed by atoms with Gasteiger partial charge in [0.15, 0.2) is 0 Å². The molecule has 0 aliphatic heterocycles. The van der Waals surface area contributed by atoms with Crippen LogP contribution in [0.25, 0.3) is 0 Å². The third-order valence-electron chi connectivity index (χ3n) is 3.52. The topological polar surface area (TPSA) is 54.2 Å². The van der Waals surface area contributed by atoms with Crippen LogP contribution in [-0.4, -0.2) is 41.1 Å². The Morgan fingerprint density at radius 1 is 1.53 bits per heavy atom. The molecule has 0 radical (unpaired) electrons. The van der Waals surface area contributed by atoms with Crippen molar-refractivity contribution in [3.63, 3.8) is 0 Å². The van der Waals surface area contributed by atoms with Crippen LogP contribution in [0.15, 0.2) is 6.07 Å². The molecular formula is C14H22N4S. The lowest BCUT2D eigenvalue weighted by Crippen LogP contribution is -2.28. The van der Waals surface area contributed by atoms with E-state index < -0.39 is 0 Å². The molecule has 0 unspecified atom stereocenters. The summed E-state index contributed by atoms with van der Waals surface area (Å²) in [5, 5.41) is 3.37. The normalized spacial score (nSPS) is 14.7. The smallest absolute Gasteiger partial charge is 0.136 e. The number of aromatic nitrogens is 1. The maximum Gasteiger partial charge on any atom is 0.136 e. The van der Waals surface area contributed by atoms with E-state index in [0.717, 1.165) is 41.8 Å². The van der Waals surface area contributed by atoms with Crippen LogP contribution >= 0.6 is 12.2 Å². The maximum absolute atomic E-state index is 5.80. The van der Waals surface area contributed by atoms with Crippen molar-refractivity contribution in [1.29, 1.82) is 0 Å². The molecule has 1 aromatic rings. The molecule has 1 saturated carbocycles. The van der Waals surface area contributed by atoms with Gasteiger partial charge in [-0.3, -0.25) is 0 Å². The highest BCUT2D eigenvalue weighted by atomic mass is 32.1. The number of likely N-dealkylation sites (N-methyl/N-ethyl adjacent to an activating group) is 1. The summed E-state index contributed by atoms with van der Waals surface area (Å²) in [6.45, 7) is 5.87. The van der Waals surface area contributed by atoms with Crippen molar-refractivity contribution in [2.24, 2.45) is 5.73 Å². The minimum absolute atomic E-state index is 0.406. The molecule has 1 aromatic heterocycles. The van der Waals surface area contributed by atoms with E-state index in [4.69, 9.17) is 18.0 Å². The number of nitrogens with two attached hydrogens (primary N) is 1. The van der Waals surface area contributed by atoms with E-state index in [1.165, 1.54) is 12.8 Å². The second kappa shape index (κ2) is 5.84. The van der Waals surface area contributed by atoms with Crippen LogP contribution in [0, 0.1) is 13.8 Å². The summed E-state index contributed by atoms with van der Waals surface area (Å²) >= 11 is 5.12. The van der Waals surface area contributed by atoms with Gasteiger partial charge in [0.25, 0.3) is 0 Å².